The molecule has 0 N–H and O–H groups in total. The first-order valence-corrected chi connectivity index (χ1v) is 11.3. The van der Waals surface area contributed by atoms with Gasteiger partial charge in [-0.05, 0) is 52.0 Å². The van der Waals surface area contributed by atoms with Gasteiger partial charge in [-0.3, -0.25) is 0 Å². The van der Waals surface area contributed by atoms with Crippen molar-refractivity contribution in [2.75, 3.05) is 13.2 Å². The summed E-state index contributed by atoms with van der Waals surface area (Å²) in [6.45, 7) is 7.25. The molecule has 8 nitrogen and oxygen atoms in total. The Hall–Kier alpha value is -2.78. The van der Waals surface area contributed by atoms with Crippen LogP contribution in [0.5, 0.6) is 0 Å². The summed E-state index contributed by atoms with van der Waals surface area (Å²) < 4.78 is 35.4. The fourth-order valence-corrected chi connectivity index (χ4v) is 4.06. The largest absolute Gasteiger partial charge is 0.458 e. The SMILES string of the molecule is CC1(C)OCC(C2OC(C)(C)OC2C(COC(=O)c2ccccc2)OC(=O)c2ccccc2)O1. The Morgan fingerprint density at radius 2 is 1.44 bits per heavy atom. The molecule has 182 valence electrons. The highest BCUT2D eigenvalue weighted by Crippen LogP contribution is 2.37. The molecule has 2 aromatic carbocycles. The number of carbonyl (C=O) groups is 2. The first-order valence-electron chi connectivity index (χ1n) is 11.3. The van der Waals surface area contributed by atoms with Crippen molar-refractivity contribution >= 4 is 11.9 Å². The number of esters is 2. The van der Waals surface area contributed by atoms with Crippen LogP contribution < -0.4 is 0 Å². The monoisotopic (exact) mass is 470 g/mol. The Labute approximate surface area is 199 Å². The highest BCUT2D eigenvalue weighted by molar-refractivity contribution is 5.90. The minimum absolute atomic E-state index is 0.218. The van der Waals surface area contributed by atoms with Gasteiger partial charge in [0, 0.05) is 0 Å². The third kappa shape index (κ3) is 5.82. The third-order valence-corrected chi connectivity index (χ3v) is 5.58. The number of hydrogen-bond acceptors (Lipinski definition) is 8. The van der Waals surface area contributed by atoms with Gasteiger partial charge < -0.3 is 28.4 Å². The van der Waals surface area contributed by atoms with Gasteiger partial charge in [0.25, 0.3) is 0 Å². The van der Waals surface area contributed by atoms with Crippen LogP contribution >= 0.6 is 0 Å². The highest BCUT2D eigenvalue weighted by atomic mass is 16.8. The zero-order valence-electron chi connectivity index (χ0n) is 19.8. The Bertz CT molecular complexity index is 988. The van der Waals surface area contributed by atoms with Gasteiger partial charge in [0.15, 0.2) is 17.7 Å². The maximum atomic E-state index is 12.9. The predicted octanol–water partition coefficient (Wildman–Crippen LogP) is 3.74. The van der Waals surface area contributed by atoms with E-state index in [2.05, 4.69) is 0 Å². The van der Waals surface area contributed by atoms with Crippen molar-refractivity contribution in [3.8, 4) is 0 Å². The van der Waals surface area contributed by atoms with Gasteiger partial charge in [-0.25, -0.2) is 9.59 Å². The average molecular weight is 471 g/mol. The van der Waals surface area contributed by atoms with E-state index >= 15 is 0 Å². The van der Waals surface area contributed by atoms with E-state index in [9.17, 15) is 9.59 Å². The molecule has 2 saturated heterocycles. The molecule has 0 aliphatic carbocycles. The van der Waals surface area contributed by atoms with Crippen molar-refractivity contribution in [3.05, 3.63) is 71.8 Å². The van der Waals surface area contributed by atoms with E-state index in [1.54, 1.807) is 62.4 Å². The smallest absolute Gasteiger partial charge is 0.338 e. The second-order valence-corrected chi connectivity index (χ2v) is 9.21. The first kappa shape index (κ1) is 24.3. The predicted molar refractivity (Wildman–Crippen MR) is 121 cm³/mol. The molecule has 8 heteroatoms. The summed E-state index contributed by atoms with van der Waals surface area (Å²) in [5.41, 5.74) is 0.767. The second-order valence-electron chi connectivity index (χ2n) is 9.21. The van der Waals surface area contributed by atoms with Gasteiger partial charge in [-0.15, -0.1) is 0 Å². The van der Waals surface area contributed by atoms with E-state index in [-0.39, 0.29) is 13.2 Å². The summed E-state index contributed by atoms with van der Waals surface area (Å²) in [6.07, 6.45) is -2.77. The average Bonchev–Trinajstić information content (AvgIpc) is 3.35. The van der Waals surface area contributed by atoms with Crippen LogP contribution in [-0.2, 0) is 28.4 Å². The van der Waals surface area contributed by atoms with Crippen molar-refractivity contribution in [1.82, 2.24) is 0 Å². The quantitative estimate of drug-likeness (QED) is 0.566. The Morgan fingerprint density at radius 1 is 0.853 bits per heavy atom. The van der Waals surface area contributed by atoms with Crippen molar-refractivity contribution in [2.45, 2.75) is 63.7 Å². The third-order valence-electron chi connectivity index (χ3n) is 5.58. The molecule has 0 radical (unpaired) electrons. The molecule has 0 spiro atoms. The lowest BCUT2D eigenvalue weighted by atomic mass is 10.0. The molecule has 0 aromatic heterocycles. The van der Waals surface area contributed by atoms with Crippen LogP contribution in [0.2, 0.25) is 0 Å². The molecule has 0 saturated carbocycles. The molecule has 4 unspecified atom stereocenters. The molecule has 34 heavy (non-hydrogen) atoms. The van der Waals surface area contributed by atoms with Crippen LogP contribution in [0, 0.1) is 0 Å². The van der Waals surface area contributed by atoms with E-state index < -0.39 is 47.9 Å². The fraction of sp³-hybridized carbons (Fsp3) is 0.462. The zero-order chi connectivity index (χ0) is 24.3. The number of hydrogen-bond donors (Lipinski definition) is 0. The minimum atomic E-state index is -0.966. The minimum Gasteiger partial charge on any atom is -0.458 e. The molecule has 4 rings (SSSR count). The molecule has 2 fully saturated rings. The van der Waals surface area contributed by atoms with Crippen LogP contribution in [0.3, 0.4) is 0 Å². The molecule has 4 atom stereocenters. The lowest BCUT2D eigenvalue weighted by Gasteiger charge is -2.28. The van der Waals surface area contributed by atoms with Gasteiger partial charge >= 0.3 is 11.9 Å². The van der Waals surface area contributed by atoms with Gasteiger partial charge in [0.05, 0.1) is 17.7 Å². The fourth-order valence-electron chi connectivity index (χ4n) is 4.06. The summed E-state index contributed by atoms with van der Waals surface area (Å²) in [5, 5.41) is 0. The summed E-state index contributed by atoms with van der Waals surface area (Å²) in [4.78, 5) is 25.5. The molecule has 2 heterocycles. The van der Waals surface area contributed by atoms with Gasteiger partial charge in [-0.2, -0.15) is 0 Å². The molecular weight excluding hydrogens is 440 g/mol. The number of rotatable bonds is 7. The van der Waals surface area contributed by atoms with Crippen molar-refractivity contribution in [1.29, 1.82) is 0 Å². The normalized spacial score (nSPS) is 26.1. The van der Waals surface area contributed by atoms with Crippen LogP contribution in [0.15, 0.2) is 60.7 Å². The second kappa shape index (κ2) is 9.84. The maximum Gasteiger partial charge on any atom is 0.338 e. The van der Waals surface area contributed by atoms with Crippen molar-refractivity contribution < 1.29 is 38.0 Å². The van der Waals surface area contributed by atoms with E-state index in [1.165, 1.54) is 0 Å². The number of benzene rings is 2. The lowest BCUT2D eigenvalue weighted by molar-refractivity contribution is -0.175. The van der Waals surface area contributed by atoms with Gasteiger partial charge in [0.2, 0.25) is 0 Å². The topological polar surface area (TPSA) is 89.5 Å². The maximum absolute atomic E-state index is 12.9. The summed E-state index contributed by atoms with van der Waals surface area (Å²) in [7, 11) is 0. The van der Waals surface area contributed by atoms with E-state index in [4.69, 9.17) is 28.4 Å². The van der Waals surface area contributed by atoms with Crippen LogP contribution in [-0.4, -0.2) is 61.1 Å². The van der Waals surface area contributed by atoms with Crippen molar-refractivity contribution in [3.63, 3.8) is 0 Å². The first-order chi connectivity index (χ1) is 16.1. The standard InChI is InChI=1S/C26H30O8/c1-25(2)30-16-20(32-25)22-21(33-26(3,4)34-22)19(31-24(28)18-13-9-6-10-14-18)15-29-23(27)17-11-7-5-8-12-17/h5-14,19-22H,15-16H2,1-4H3. The Balaban J connectivity index is 1.56. The number of ether oxygens (including phenoxy) is 6. The Morgan fingerprint density at radius 3 is 2.00 bits per heavy atom. The van der Waals surface area contributed by atoms with Crippen LogP contribution in [0.25, 0.3) is 0 Å². The Kier molecular flexibility index (Phi) is 7.04. The highest BCUT2D eigenvalue weighted by Gasteiger charge is 2.53. The lowest BCUT2D eigenvalue weighted by Crippen LogP contribution is -2.47. The molecule has 0 amide bonds. The zero-order valence-corrected chi connectivity index (χ0v) is 19.8. The van der Waals surface area contributed by atoms with Crippen LogP contribution in [0.4, 0.5) is 0 Å². The van der Waals surface area contributed by atoms with Crippen LogP contribution in [0.1, 0.15) is 48.4 Å². The molecule has 2 aromatic rings. The summed E-state index contributed by atoms with van der Waals surface area (Å²) >= 11 is 0. The molecule has 2 aliphatic rings. The summed E-state index contributed by atoms with van der Waals surface area (Å²) in [6, 6.07) is 17.2. The van der Waals surface area contributed by atoms with Gasteiger partial charge in [-0.1, -0.05) is 36.4 Å². The van der Waals surface area contributed by atoms with Crippen molar-refractivity contribution in [2.24, 2.45) is 0 Å². The molecule has 0 bridgehead atoms. The number of carbonyl (C=O) groups excluding carboxylic acids is 2. The van der Waals surface area contributed by atoms with E-state index in [0.29, 0.717) is 11.1 Å². The van der Waals surface area contributed by atoms with E-state index in [1.807, 2.05) is 26.0 Å². The molecular formula is C26H30O8. The molecule has 2 aliphatic heterocycles. The van der Waals surface area contributed by atoms with E-state index in [0.717, 1.165) is 0 Å². The summed E-state index contributed by atoms with van der Waals surface area (Å²) in [5.74, 6) is -2.83. The van der Waals surface area contributed by atoms with Gasteiger partial charge in [0.1, 0.15) is 24.9 Å².